The highest BCUT2D eigenvalue weighted by Gasteiger charge is 2.44. The summed E-state index contributed by atoms with van der Waals surface area (Å²) in [6.07, 6.45) is -4.05. The van der Waals surface area contributed by atoms with E-state index in [0.717, 1.165) is 17.7 Å². The van der Waals surface area contributed by atoms with E-state index in [1.807, 2.05) is 13.8 Å². The van der Waals surface area contributed by atoms with Gasteiger partial charge in [0.15, 0.2) is 5.65 Å². The predicted octanol–water partition coefficient (Wildman–Crippen LogP) is 5.63. The molecule has 1 N–H and O–H groups in total. The van der Waals surface area contributed by atoms with Gasteiger partial charge < -0.3 is 10.0 Å². The van der Waals surface area contributed by atoms with Crippen LogP contribution in [0.1, 0.15) is 49.4 Å². The zero-order chi connectivity index (χ0) is 25.7. The number of benzene rings is 1. The fourth-order valence-electron chi connectivity index (χ4n) is 4.78. The van der Waals surface area contributed by atoms with Crippen molar-refractivity contribution < 1.29 is 31.9 Å². The van der Waals surface area contributed by atoms with Crippen molar-refractivity contribution in [3.63, 3.8) is 0 Å². The van der Waals surface area contributed by atoms with Gasteiger partial charge in [0.2, 0.25) is 0 Å². The van der Waals surface area contributed by atoms with Crippen molar-refractivity contribution in [2.24, 2.45) is 5.41 Å². The average Bonchev–Trinajstić information content (AvgIpc) is 3.20. The highest BCUT2D eigenvalue weighted by Crippen LogP contribution is 2.39. The number of hydrogen-bond donors (Lipinski definition) is 1. The molecular weight excluding hydrogens is 471 g/mol. The third kappa shape index (κ3) is 4.32. The average molecular weight is 496 g/mol. The summed E-state index contributed by atoms with van der Waals surface area (Å²) in [4.78, 5) is 18.3. The molecule has 0 amide bonds. The second-order valence-corrected chi connectivity index (χ2v) is 9.33. The van der Waals surface area contributed by atoms with Gasteiger partial charge in [-0.05, 0) is 43.9 Å². The zero-order valence-corrected chi connectivity index (χ0v) is 19.5. The van der Waals surface area contributed by atoms with Gasteiger partial charge in [0, 0.05) is 36.0 Å². The minimum Gasteiger partial charge on any atom is -0.481 e. The van der Waals surface area contributed by atoms with Crippen LogP contribution in [-0.4, -0.2) is 45.4 Å². The molecule has 6 nitrogen and oxygen atoms in total. The van der Waals surface area contributed by atoms with Gasteiger partial charge in [-0.2, -0.15) is 22.8 Å². The van der Waals surface area contributed by atoms with Gasteiger partial charge in [-0.25, -0.2) is 13.8 Å². The Bertz CT molecular complexity index is 1290. The summed E-state index contributed by atoms with van der Waals surface area (Å²) in [5.74, 6) is -1.82. The number of rotatable bonds is 5. The SMILES string of the molecule is Cc1nc2cc(-c3ccc(C(F)(F)F)cc3F)nn2c(N2CCCC(CF)(C(=O)O)C2)c1C(C)C. The Balaban J connectivity index is 1.89. The standard InChI is InChI=1S/C24H25F5N4O2/c1-13(2)20-14(3)30-19-10-18(16-6-5-15(9-17(16)26)24(27,28)29)31-33(19)21(20)32-8-4-7-23(11-25,12-32)22(34)35/h5-6,9-10,13H,4,7-8,11-12H2,1-3H3,(H,34,35). The monoisotopic (exact) mass is 496 g/mol. The number of nitrogens with zero attached hydrogens (tertiary/aromatic N) is 4. The number of aryl methyl sites for hydroxylation is 1. The summed E-state index contributed by atoms with van der Waals surface area (Å²) in [6.45, 7) is 5.00. The molecule has 0 aliphatic carbocycles. The lowest BCUT2D eigenvalue weighted by molar-refractivity contribution is -0.150. The molecule has 0 spiro atoms. The van der Waals surface area contributed by atoms with Crippen LogP contribution in [0.2, 0.25) is 0 Å². The first-order valence-corrected chi connectivity index (χ1v) is 11.2. The third-order valence-electron chi connectivity index (χ3n) is 6.54. The number of aromatic nitrogens is 3. The van der Waals surface area contributed by atoms with Crippen LogP contribution in [0.15, 0.2) is 24.3 Å². The number of fused-ring (bicyclic) bond motifs is 1. The zero-order valence-electron chi connectivity index (χ0n) is 19.5. The first-order chi connectivity index (χ1) is 16.4. The second kappa shape index (κ2) is 8.76. The van der Waals surface area contributed by atoms with Crippen LogP contribution in [0, 0.1) is 18.2 Å². The third-order valence-corrected chi connectivity index (χ3v) is 6.54. The molecular formula is C24H25F5N4O2. The molecule has 1 aromatic carbocycles. The van der Waals surface area contributed by atoms with Crippen LogP contribution < -0.4 is 4.90 Å². The van der Waals surface area contributed by atoms with Gasteiger partial charge in [-0.1, -0.05) is 13.8 Å². The smallest absolute Gasteiger partial charge is 0.416 e. The Hall–Kier alpha value is -3.24. The van der Waals surface area contributed by atoms with E-state index in [9.17, 15) is 31.9 Å². The predicted molar refractivity (Wildman–Crippen MR) is 120 cm³/mol. The minimum absolute atomic E-state index is 0.0520. The number of halogens is 5. The number of aliphatic carboxylic acids is 1. The number of carboxylic acid groups (broad SMARTS) is 1. The number of piperidine rings is 1. The van der Waals surface area contributed by atoms with Crippen molar-refractivity contribution >= 4 is 17.4 Å². The van der Waals surface area contributed by atoms with Gasteiger partial charge in [-0.3, -0.25) is 4.79 Å². The van der Waals surface area contributed by atoms with Crippen LogP contribution in [-0.2, 0) is 11.0 Å². The van der Waals surface area contributed by atoms with Crippen LogP contribution in [0.4, 0.5) is 27.8 Å². The van der Waals surface area contributed by atoms with E-state index in [0.29, 0.717) is 36.2 Å². The van der Waals surface area contributed by atoms with Crippen LogP contribution in [0.3, 0.4) is 0 Å². The van der Waals surface area contributed by atoms with Crippen molar-refractivity contribution in [1.29, 1.82) is 0 Å². The number of anilines is 1. The fourth-order valence-corrected chi connectivity index (χ4v) is 4.78. The number of hydrogen-bond acceptors (Lipinski definition) is 4. The molecule has 1 aliphatic rings. The van der Waals surface area contributed by atoms with Crippen LogP contribution in [0.25, 0.3) is 16.9 Å². The lowest BCUT2D eigenvalue weighted by Gasteiger charge is -2.40. The number of carboxylic acids is 1. The lowest BCUT2D eigenvalue weighted by atomic mass is 9.81. The fraction of sp³-hybridized carbons (Fsp3) is 0.458. The maximum absolute atomic E-state index is 14.7. The number of carbonyl (C=O) groups is 1. The quantitative estimate of drug-likeness (QED) is 0.464. The van der Waals surface area contributed by atoms with Crippen molar-refractivity contribution in [3.8, 4) is 11.3 Å². The molecule has 1 atom stereocenters. The van der Waals surface area contributed by atoms with Gasteiger partial charge in [0.25, 0.3) is 0 Å². The van der Waals surface area contributed by atoms with E-state index in [1.165, 1.54) is 10.6 Å². The van der Waals surface area contributed by atoms with Gasteiger partial charge in [-0.15, -0.1) is 0 Å². The molecule has 11 heteroatoms. The van der Waals surface area contributed by atoms with Crippen molar-refractivity contribution in [2.45, 2.75) is 45.7 Å². The summed E-state index contributed by atoms with van der Waals surface area (Å²) in [5, 5.41) is 14.2. The molecule has 0 saturated carbocycles. The maximum Gasteiger partial charge on any atom is 0.416 e. The van der Waals surface area contributed by atoms with Crippen LogP contribution in [0.5, 0.6) is 0 Å². The van der Waals surface area contributed by atoms with E-state index >= 15 is 0 Å². The topological polar surface area (TPSA) is 70.7 Å². The highest BCUT2D eigenvalue weighted by atomic mass is 19.4. The summed E-state index contributed by atoms with van der Waals surface area (Å²) in [5.41, 5.74) is -0.968. The minimum atomic E-state index is -4.68. The Morgan fingerprint density at radius 3 is 2.54 bits per heavy atom. The van der Waals surface area contributed by atoms with Crippen molar-refractivity contribution in [2.75, 3.05) is 24.7 Å². The molecule has 1 aliphatic heterocycles. The largest absolute Gasteiger partial charge is 0.481 e. The highest BCUT2D eigenvalue weighted by molar-refractivity contribution is 5.77. The summed E-state index contributed by atoms with van der Waals surface area (Å²) in [6, 6.07) is 3.70. The Morgan fingerprint density at radius 2 is 1.97 bits per heavy atom. The molecule has 188 valence electrons. The normalized spacial score (nSPS) is 19.1. The maximum atomic E-state index is 14.7. The molecule has 0 bridgehead atoms. The van der Waals surface area contributed by atoms with Crippen molar-refractivity contribution in [1.82, 2.24) is 14.6 Å². The second-order valence-electron chi connectivity index (χ2n) is 9.33. The molecule has 1 fully saturated rings. The molecule has 0 radical (unpaired) electrons. The first kappa shape index (κ1) is 24.9. The summed E-state index contributed by atoms with van der Waals surface area (Å²) < 4.78 is 69.0. The number of alkyl halides is 4. The Labute approximate surface area is 198 Å². The van der Waals surface area contributed by atoms with Gasteiger partial charge in [0.05, 0.1) is 11.3 Å². The molecule has 2 aromatic heterocycles. The molecule has 35 heavy (non-hydrogen) atoms. The van der Waals surface area contributed by atoms with E-state index in [1.54, 1.807) is 11.8 Å². The molecule has 4 rings (SSSR count). The van der Waals surface area contributed by atoms with Gasteiger partial charge in [0.1, 0.15) is 23.7 Å². The van der Waals surface area contributed by atoms with Crippen LogP contribution >= 0.6 is 0 Å². The van der Waals surface area contributed by atoms with E-state index < -0.39 is 35.6 Å². The van der Waals surface area contributed by atoms with E-state index in [4.69, 9.17) is 0 Å². The molecule has 1 saturated heterocycles. The van der Waals surface area contributed by atoms with Crippen molar-refractivity contribution in [3.05, 3.63) is 46.9 Å². The molecule has 1 unspecified atom stereocenters. The van der Waals surface area contributed by atoms with E-state index in [2.05, 4.69) is 10.1 Å². The van der Waals surface area contributed by atoms with Gasteiger partial charge >= 0.3 is 12.1 Å². The lowest BCUT2D eigenvalue weighted by Crippen LogP contribution is -2.50. The molecule has 3 heterocycles. The Kier molecular flexibility index (Phi) is 6.23. The summed E-state index contributed by atoms with van der Waals surface area (Å²) in [7, 11) is 0. The first-order valence-electron chi connectivity index (χ1n) is 11.2. The molecule has 3 aromatic rings. The summed E-state index contributed by atoms with van der Waals surface area (Å²) >= 11 is 0. The van der Waals surface area contributed by atoms with E-state index in [-0.39, 0.29) is 30.1 Å². The Morgan fingerprint density at radius 1 is 1.26 bits per heavy atom.